The molecule has 0 aliphatic carbocycles. The van der Waals surface area contributed by atoms with Crippen LogP contribution in [-0.4, -0.2) is 49.5 Å². The Labute approximate surface area is 204 Å². The predicted octanol–water partition coefficient (Wildman–Crippen LogP) is 3.71. The fourth-order valence-corrected chi connectivity index (χ4v) is 4.45. The van der Waals surface area contributed by atoms with Crippen LogP contribution in [0.4, 0.5) is 5.69 Å². The molecular formula is C26H37N3O4S. The maximum atomic E-state index is 13.6. The van der Waals surface area contributed by atoms with Gasteiger partial charge in [0.1, 0.15) is 12.6 Å². The molecule has 0 aromatic heterocycles. The maximum Gasteiger partial charge on any atom is 0.244 e. The van der Waals surface area contributed by atoms with Crippen molar-refractivity contribution in [1.82, 2.24) is 10.2 Å². The standard InChI is InChI=1S/C26H37N3O4S/c1-18-12-14-22(15-13-18)16-28(21(4)25(31)27-26(5,6)7)24(30)17-29(34(8,32)33)23-11-9-10-19(2)20(23)3/h9-15,21H,16-17H2,1-8H3,(H,27,31). The van der Waals surface area contributed by atoms with E-state index in [1.165, 1.54) is 4.90 Å². The smallest absolute Gasteiger partial charge is 0.244 e. The van der Waals surface area contributed by atoms with Crippen LogP contribution in [0.2, 0.25) is 0 Å². The summed E-state index contributed by atoms with van der Waals surface area (Å²) >= 11 is 0. The minimum absolute atomic E-state index is 0.183. The molecule has 34 heavy (non-hydrogen) atoms. The third kappa shape index (κ3) is 7.32. The van der Waals surface area contributed by atoms with Gasteiger partial charge >= 0.3 is 0 Å². The van der Waals surface area contributed by atoms with E-state index in [-0.39, 0.29) is 12.5 Å². The summed E-state index contributed by atoms with van der Waals surface area (Å²) in [6.07, 6.45) is 1.09. The summed E-state index contributed by atoms with van der Waals surface area (Å²) < 4.78 is 26.6. The van der Waals surface area contributed by atoms with Crippen molar-refractivity contribution in [3.63, 3.8) is 0 Å². The monoisotopic (exact) mass is 487 g/mol. The van der Waals surface area contributed by atoms with E-state index in [0.717, 1.165) is 32.8 Å². The number of amides is 2. The number of sulfonamides is 1. The number of carbonyl (C=O) groups is 2. The summed E-state index contributed by atoms with van der Waals surface area (Å²) in [6.45, 7) is 12.8. The fourth-order valence-electron chi connectivity index (χ4n) is 3.55. The van der Waals surface area contributed by atoms with Crippen LogP contribution in [0.15, 0.2) is 42.5 Å². The topological polar surface area (TPSA) is 86.8 Å². The zero-order valence-electron chi connectivity index (χ0n) is 21.5. The van der Waals surface area contributed by atoms with Crippen LogP contribution in [0.3, 0.4) is 0 Å². The van der Waals surface area contributed by atoms with Crippen LogP contribution in [0.1, 0.15) is 49.9 Å². The van der Waals surface area contributed by atoms with Crippen molar-refractivity contribution in [3.05, 3.63) is 64.7 Å². The Balaban J connectivity index is 2.44. The van der Waals surface area contributed by atoms with Crippen molar-refractivity contribution in [1.29, 1.82) is 0 Å². The highest BCUT2D eigenvalue weighted by Gasteiger charge is 2.31. The van der Waals surface area contributed by atoms with Gasteiger partial charge in [-0.05, 0) is 71.2 Å². The number of nitrogens with zero attached hydrogens (tertiary/aromatic N) is 2. The second kappa shape index (κ2) is 10.6. The van der Waals surface area contributed by atoms with Gasteiger partial charge in [-0.3, -0.25) is 13.9 Å². The highest BCUT2D eigenvalue weighted by atomic mass is 32.2. The minimum Gasteiger partial charge on any atom is -0.350 e. The van der Waals surface area contributed by atoms with Crippen molar-refractivity contribution in [3.8, 4) is 0 Å². The molecule has 2 aromatic rings. The number of benzene rings is 2. The first kappa shape index (κ1) is 27.4. The number of anilines is 1. The summed E-state index contributed by atoms with van der Waals surface area (Å²) in [5.41, 5.74) is 3.63. The molecule has 2 aromatic carbocycles. The zero-order valence-corrected chi connectivity index (χ0v) is 22.3. The molecule has 186 valence electrons. The minimum atomic E-state index is -3.75. The van der Waals surface area contributed by atoms with Crippen molar-refractivity contribution < 1.29 is 18.0 Å². The number of hydrogen-bond acceptors (Lipinski definition) is 4. The van der Waals surface area contributed by atoms with Gasteiger partial charge in [-0.1, -0.05) is 42.0 Å². The second-order valence-corrected chi connectivity index (χ2v) is 11.8. The number of hydrogen-bond donors (Lipinski definition) is 1. The predicted molar refractivity (Wildman–Crippen MR) is 137 cm³/mol. The van der Waals surface area contributed by atoms with Gasteiger partial charge in [-0.2, -0.15) is 0 Å². The summed E-state index contributed by atoms with van der Waals surface area (Å²) in [7, 11) is -3.75. The Morgan fingerprint density at radius 3 is 2.12 bits per heavy atom. The first-order chi connectivity index (χ1) is 15.6. The van der Waals surface area contributed by atoms with Gasteiger partial charge in [-0.25, -0.2) is 8.42 Å². The molecule has 0 aliphatic heterocycles. The first-order valence-corrected chi connectivity index (χ1v) is 13.2. The summed E-state index contributed by atoms with van der Waals surface area (Å²) in [6, 6.07) is 12.2. The van der Waals surface area contributed by atoms with Gasteiger partial charge in [0.25, 0.3) is 0 Å². The van der Waals surface area contributed by atoms with Gasteiger partial charge in [0, 0.05) is 12.1 Å². The molecule has 1 atom stereocenters. The molecule has 2 amide bonds. The molecule has 1 N–H and O–H groups in total. The highest BCUT2D eigenvalue weighted by molar-refractivity contribution is 7.92. The molecule has 8 heteroatoms. The maximum absolute atomic E-state index is 13.6. The van der Waals surface area contributed by atoms with Gasteiger partial charge < -0.3 is 10.2 Å². The van der Waals surface area contributed by atoms with Crippen LogP contribution in [0.5, 0.6) is 0 Å². The molecule has 0 heterocycles. The molecule has 0 spiro atoms. The van der Waals surface area contributed by atoms with E-state index in [2.05, 4.69) is 5.32 Å². The largest absolute Gasteiger partial charge is 0.350 e. The van der Waals surface area contributed by atoms with Gasteiger partial charge in [0.2, 0.25) is 21.8 Å². The number of aryl methyl sites for hydroxylation is 2. The van der Waals surface area contributed by atoms with Crippen LogP contribution >= 0.6 is 0 Å². The molecule has 0 saturated heterocycles. The average Bonchev–Trinajstić information content (AvgIpc) is 2.71. The van der Waals surface area contributed by atoms with E-state index >= 15 is 0 Å². The molecule has 0 saturated carbocycles. The molecule has 7 nitrogen and oxygen atoms in total. The third-order valence-corrected chi connectivity index (χ3v) is 6.79. The Hall–Kier alpha value is -2.87. The lowest BCUT2D eigenvalue weighted by atomic mass is 10.1. The highest BCUT2D eigenvalue weighted by Crippen LogP contribution is 2.25. The first-order valence-electron chi connectivity index (χ1n) is 11.3. The van der Waals surface area contributed by atoms with Gasteiger partial charge in [0.15, 0.2) is 0 Å². The third-order valence-electron chi connectivity index (χ3n) is 5.66. The van der Waals surface area contributed by atoms with Crippen LogP contribution in [0, 0.1) is 20.8 Å². The van der Waals surface area contributed by atoms with E-state index in [1.54, 1.807) is 19.1 Å². The van der Waals surface area contributed by atoms with Crippen molar-refractivity contribution >= 4 is 27.5 Å². The molecule has 0 aliphatic rings. The molecule has 0 fully saturated rings. The van der Waals surface area contributed by atoms with E-state index in [1.807, 2.05) is 71.9 Å². The van der Waals surface area contributed by atoms with E-state index in [0.29, 0.717) is 5.69 Å². The number of nitrogens with one attached hydrogen (secondary N) is 1. The van der Waals surface area contributed by atoms with Crippen LogP contribution in [0.25, 0.3) is 0 Å². The second-order valence-electron chi connectivity index (χ2n) is 9.91. The van der Waals surface area contributed by atoms with Gasteiger partial charge in [-0.15, -0.1) is 0 Å². The lowest BCUT2D eigenvalue weighted by Gasteiger charge is -2.33. The summed E-state index contributed by atoms with van der Waals surface area (Å²) in [5.74, 6) is -0.755. The summed E-state index contributed by atoms with van der Waals surface area (Å²) in [4.78, 5) is 28.0. The molecule has 0 radical (unpaired) electrons. The van der Waals surface area contributed by atoms with Gasteiger partial charge in [0.05, 0.1) is 11.9 Å². The van der Waals surface area contributed by atoms with Crippen molar-refractivity contribution in [2.75, 3.05) is 17.1 Å². The van der Waals surface area contributed by atoms with Crippen LogP contribution in [-0.2, 0) is 26.2 Å². The fraction of sp³-hybridized carbons (Fsp3) is 0.462. The average molecular weight is 488 g/mol. The Morgan fingerprint density at radius 1 is 1.00 bits per heavy atom. The van der Waals surface area contributed by atoms with Crippen LogP contribution < -0.4 is 9.62 Å². The Bertz CT molecular complexity index is 1140. The number of rotatable bonds is 8. The molecule has 0 bridgehead atoms. The lowest BCUT2D eigenvalue weighted by Crippen LogP contribution is -2.54. The Kier molecular flexibility index (Phi) is 8.53. The van der Waals surface area contributed by atoms with E-state index < -0.39 is 34.1 Å². The molecule has 2 rings (SSSR count). The summed E-state index contributed by atoms with van der Waals surface area (Å²) in [5, 5.41) is 2.92. The normalized spacial score (nSPS) is 12.7. The molecule has 1 unspecified atom stereocenters. The van der Waals surface area contributed by atoms with E-state index in [4.69, 9.17) is 0 Å². The quantitative estimate of drug-likeness (QED) is 0.615. The lowest BCUT2D eigenvalue weighted by molar-refractivity contribution is -0.140. The van der Waals surface area contributed by atoms with E-state index in [9.17, 15) is 18.0 Å². The van der Waals surface area contributed by atoms with Crippen molar-refractivity contribution in [2.45, 2.75) is 66.6 Å². The molecular weight excluding hydrogens is 450 g/mol. The zero-order chi connectivity index (χ0) is 25.8. The Morgan fingerprint density at radius 2 is 1.59 bits per heavy atom. The van der Waals surface area contributed by atoms with Crippen molar-refractivity contribution in [2.24, 2.45) is 0 Å². The number of carbonyl (C=O) groups excluding carboxylic acids is 2. The SMILES string of the molecule is Cc1ccc(CN(C(=O)CN(c2cccc(C)c2C)S(C)(=O)=O)C(C)C(=O)NC(C)(C)C)cc1.